The third-order valence-electron chi connectivity index (χ3n) is 0. The average molecular weight is 173 g/mol. The molecule has 0 bridgehead atoms. The fraction of sp³-hybridized carbons (Fsp3) is 1.00. The van der Waals surface area contributed by atoms with Crippen molar-refractivity contribution in [1.29, 1.82) is 0 Å². The fourth-order valence-electron chi connectivity index (χ4n) is 0. The normalized spacial score (nSPS) is 4.50. The molecule has 0 heterocycles. The third-order valence-corrected chi connectivity index (χ3v) is 0. The van der Waals surface area contributed by atoms with Crippen molar-refractivity contribution >= 4 is 15.9 Å². The van der Waals surface area contributed by atoms with Crippen LogP contribution in [0.1, 0.15) is 6.92 Å². The molecule has 0 rings (SSSR count). The van der Waals surface area contributed by atoms with E-state index in [2.05, 4.69) is 15.9 Å². The summed E-state index contributed by atoms with van der Waals surface area (Å²) < 4.78 is 0. The van der Waals surface area contributed by atoms with Crippen molar-refractivity contribution in [2.24, 2.45) is 0 Å². The molecule has 0 aromatic heterocycles. The molecule has 0 aliphatic carbocycles. The van der Waals surface area contributed by atoms with Crippen LogP contribution in [0.25, 0.3) is 0 Å². The predicted molar refractivity (Wildman–Crippen MR) is 19.5 cm³/mol. The number of alkyl halides is 1. The molecule has 0 aliphatic rings. The molecular formula is C2H5BrCu. The number of hydrogen-bond acceptors (Lipinski definition) is 0. The van der Waals surface area contributed by atoms with E-state index in [9.17, 15) is 0 Å². The Hall–Kier alpha value is 0.999. The first-order valence-electron chi connectivity index (χ1n) is 0.974. The van der Waals surface area contributed by atoms with Gasteiger partial charge in [-0.2, -0.15) is 0 Å². The first-order valence-corrected chi connectivity index (χ1v) is 2.10. The molecule has 0 saturated heterocycles. The van der Waals surface area contributed by atoms with Crippen LogP contribution in [-0.2, 0) is 17.1 Å². The van der Waals surface area contributed by atoms with Gasteiger partial charge in [0.25, 0.3) is 0 Å². The van der Waals surface area contributed by atoms with Gasteiger partial charge >= 0.3 is 0 Å². The SMILES string of the molecule is CCBr.[Cu]. The summed E-state index contributed by atoms with van der Waals surface area (Å²) in [6, 6.07) is 0. The Morgan fingerprint density at radius 3 is 1.75 bits per heavy atom. The molecule has 0 atom stereocenters. The van der Waals surface area contributed by atoms with Crippen molar-refractivity contribution in [3.63, 3.8) is 0 Å². The summed E-state index contributed by atoms with van der Waals surface area (Å²) in [6.07, 6.45) is 0. The van der Waals surface area contributed by atoms with E-state index in [4.69, 9.17) is 0 Å². The maximum absolute atomic E-state index is 3.15. The second kappa shape index (κ2) is 9.00. The number of hydrogen-bond donors (Lipinski definition) is 0. The average Bonchev–Trinajstić information content (AvgIpc) is 0.918. The molecule has 0 fully saturated rings. The van der Waals surface area contributed by atoms with E-state index in [0.717, 1.165) is 5.33 Å². The van der Waals surface area contributed by atoms with Crippen molar-refractivity contribution in [2.75, 3.05) is 5.33 Å². The quantitative estimate of drug-likeness (QED) is 0.383. The van der Waals surface area contributed by atoms with Gasteiger partial charge in [-0.05, 0) is 0 Å². The Kier molecular flexibility index (Phi) is 20.0. The van der Waals surface area contributed by atoms with Crippen LogP contribution in [0.5, 0.6) is 0 Å². The van der Waals surface area contributed by atoms with Gasteiger partial charge in [-0.3, -0.25) is 0 Å². The fourth-order valence-corrected chi connectivity index (χ4v) is 0. The monoisotopic (exact) mass is 171 g/mol. The van der Waals surface area contributed by atoms with Crippen LogP contribution in [0.15, 0.2) is 0 Å². The van der Waals surface area contributed by atoms with Gasteiger partial charge in [-0.1, -0.05) is 22.9 Å². The Balaban J connectivity index is 0. The molecule has 0 aromatic rings. The maximum Gasteiger partial charge on any atom is 0.000281 e. The molecule has 1 radical (unpaired) electrons. The smallest absolute Gasteiger partial charge is 0.000281 e. The van der Waals surface area contributed by atoms with E-state index in [1.807, 2.05) is 6.92 Å². The van der Waals surface area contributed by atoms with Gasteiger partial charge in [-0.15, -0.1) is 0 Å². The molecule has 4 heavy (non-hydrogen) atoms. The van der Waals surface area contributed by atoms with E-state index in [0.29, 0.717) is 0 Å². The Labute approximate surface area is 45.6 Å². The van der Waals surface area contributed by atoms with Gasteiger partial charge in [0.1, 0.15) is 0 Å². The van der Waals surface area contributed by atoms with Gasteiger partial charge in [0.2, 0.25) is 0 Å². The molecule has 0 unspecified atom stereocenters. The van der Waals surface area contributed by atoms with Crippen LogP contribution >= 0.6 is 15.9 Å². The molecule has 0 nitrogen and oxygen atoms in total. The molecular weight excluding hydrogens is 167 g/mol. The maximum atomic E-state index is 3.15. The van der Waals surface area contributed by atoms with Crippen molar-refractivity contribution in [1.82, 2.24) is 0 Å². The van der Waals surface area contributed by atoms with E-state index in [1.54, 1.807) is 0 Å². The minimum absolute atomic E-state index is 0. The number of halogens is 1. The molecule has 31 valence electrons. The van der Waals surface area contributed by atoms with Crippen molar-refractivity contribution in [2.45, 2.75) is 6.92 Å². The first kappa shape index (κ1) is 8.89. The standard InChI is InChI=1S/C2H5Br.Cu/c1-2-3;/h2H2,1H3;. The summed E-state index contributed by atoms with van der Waals surface area (Å²) in [5.74, 6) is 0. The van der Waals surface area contributed by atoms with Gasteiger partial charge < -0.3 is 0 Å². The summed E-state index contributed by atoms with van der Waals surface area (Å²) >= 11 is 3.15. The van der Waals surface area contributed by atoms with Crippen LogP contribution in [-0.4, -0.2) is 5.33 Å². The van der Waals surface area contributed by atoms with Gasteiger partial charge in [-0.25, -0.2) is 0 Å². The first-order chi connectivity index (χ1) is 1.41. The summed E-state index contributed by atoms with van der Waals surface area (Å²) in [5.41, 5.74) is 0. The second-order valence-electron chi connectivity index (χ2n) is 0.267. The van der Waals surface area contributed by atoms with Crippen molar-refractivity contribution < 1.29 is 17.1 Å². The van der Waals surface area contributed by atoms with Crippen LogP contribution < -0.4 is 0 Å². The molecule has 0 amide bonds. The van der Waals surface area contributed by atoms with Crippen LogP contribution in [0.4, 0.5) is 0 Å². The van der Waals surface area contributed by atoms with Gasteiger partial charge in [0.05, 0.1) is 0 Å². The van der Waals surface area contributed by atoms with Gasteiger partial charge in [0.15, 0.2) is 0 Å². The molecule has 0 N–H and O–H groups in total. The van der Waals surface area contributed by atoms with Crippen LogP contribution in [0.3, 0.4) is 0 Å². The molecule has 0 aromatic carbocycles. The summed E-state index contributed by atoms with van der Waals surface area (Å²) in [5, 5.41) is 1.06. The van der Waals surface area contributed by atoms with E-state index in [1.165, 1.54) is 0 Å². The summed E-state index contributed by atoms with van der Waals surface area (Å²) in [7, 11) is 0. The second-order valence-corrected chi connectivity index (χ2v) is 1.39. The topological polar surface area (TPSA) is 0 Å². The minimum atomic E-state index is 0. The van der Waals surface area contributed by atoms with Crippen molar-refractivity contribution in [3.8, 4) is 0 Å². The zero-order valence-corrected chi connectivity index (χ0v) is 4.91. The van der Waals surface area contributed by atoms with E-state index >= 15 is 0 Å². The summed E-state index contributed by atoms with van der Waals surface area (Å²) in [4.78, 5) is 0. The minimum Gasteiger partial charge on any atom is -0.0931 e. The summed E-state index contributed by atoms with van der Waals surface area (Å²) in [6.45, 7) is 2.04. The van der Waals surface area contributed by atoms with Crippen LogP contribution in [0, 0.1) is 0 Å². The zero-order chi connectivity index (χ0) is 2.71. The van der Waals surface area contributed by atoms with Crippen molar-refractivity contribution in [3.05, 3.63) is 0 Å². The molecule has 2 heteroatoms. The Morgan fingerprint density at radius 1 is 1.75 bits per heavy atom. The van der Waals surface area contributed by atoms with Crippen LogP contribution in [0.2, 0.25) is 0 Å². The largest absolute Gasteiger partial charge is 0.0931 e. The van der Waals surface area contributed by atoms with E-state index < -0.39 is 0 Å². The Bertz CT molecular complexity index is 6.00. The molecule has 0 saturated carbocycles. The zero-order valence-electron chi connectivity index (χ0n) is 2.39. The molecule has 0 aliphatic heterocycles. The molecule has 0 spiro atoms. The third kappa shape index (κ3) is 12.0. The predicted octanol–water partition coefficient (Wildman–Crippen LogP) is 1.40. The van der Waals surface area contributed by atoms with E-state index in [-0.39, 0.29) is 17.1 Å². The van der Waals surface area contributed by atoms with Gasteiger partial charge in [0, 0.05) is 22.4 Å². The number of rotatable bonds is 0. The Morgan fingerprint density at radius 2 is 1.75 bits per heavy atom.